The SMILES string of the molecule is Cc1cn2nc(C[C@H]3CC[C@H](C(=O)N4OCC[C@H]4c4cc(F)cc(F)c4)CC3)c(C)cc2n1. The van der Waals surface area contributed by atoms with Crippen molar-refractivity contribution in [1.82, 2.24) is 19.7 Å². The standard InChI is InChI=1S/C25H28F2N4O2/c1-15-9-24-28-16(2)14-30(24)29-22(15)10-17-3-5-18(6-4-17)25(32)31-23(7-8-33-31)19-11-20(26)13-21(27)12-19/h9,11-14,17-18,23H,3-8,10H2,1-2H3/t17-,18-,23-/m0/s1. The molecule has 1 aromatic carbocycles. The Balaban J connectivity index is 1.22. The number of aryl methyl sites for hydroxylation is 2. The molecule has 1 saturated heterocycles. The van der Waals surface area contributed by atoms with Gasteiger partial charge in [-0.3, -0.25) is 9.63 Å². The zero-order chi connectivity index (χ0) is 23.1. The summed E-state index contributed by atoms with van der Waals surface area (Å²) in [6, 6.07) is 5.04. The molecular formula is C25H28F2N4O2. The van der Waals surface area contributed by atoms with Crippen LogP contribution >= 0.6 is 0 Å². The van der Waals surface area contributed by atoms with Crippen molar-refractivity contribution in [1.29, 1.82) is 0 Å². The van der Waals surface area contributed by atoms with Crippen molar-refractivity contribution in [3.8, 4) is 0 Å². The smallest absolute Gasteiger partial charge is 0.249 e. The summed E-state index contributed by atoms with van der Waals surface area (Å²) in [5.41, 5.74) is 4.47. The first kappa shape index (κ1) is 21.9. The van der Waals surface area contributed by atoms with Gasteiger partial charge >= 0.3 is 0 Å². The third-order valence-corrected chi connectivity index (χ3v) is 6.93. The summed E-state index contributed by atoms with van der Waals surface area (Å²) < 4.78 is 29.3. The molecule has 1 aliphatic carbocycles. The maximum atomic E-state index is 13.7. The van der Waals surface area contributed by atoms with E-state index in [0.29, 0.717) is 24.5 Å². The van der Waals surface area contributed by atoms with Gasteiger partial charge in [0, 0.05) is 18.4 Å². The van der Waals surface area contributed by atoms with Crippen LogP contribution in [0.2, 0.25) is 0 Å². The summed E-state index contributed by atoms with van der Waals surface area (Å²) in [5.74, 6) is -1.02. The van der Waals surface area contributed by atoms with Gasteiger partial charge in [-0.2, -0.15) is 5.10 Å². The Morgan fingerprint density at radius 2 is 1.79 bits per heavy atom. The molecule has 1 saturated carbocycles. The zero-order valence-corrected chi connectivity index (χ0v) is 18.9. The molecule has 174 valence electrons. The Morgan fingerprint density at radius 3 is 2.52 bits per heavy atom. The van der Waals surface area contributed by atoms with Gasteiger partial charge < -0.3 is 0 Å². The monoisotopic (exact) mass is 454 g/mol. The van der Waals surface area contributed by atoms with Gasteiger partial charge in [0.15, 0.2) is 5.65 Å². The van der Waals surface area contributed by atoms with Crippen molar-refractivity contribution in [2.45, 2.75) is 58.4 Å². The molecule has 6 nitrogen and oxygen atoms in total. The number of benzene rings is 1. The molecule has 8 heteroatoms. The fraction of sp³-hybridized carbons (Fsp3) is 0.480. The van der Waals surface area contributed by atoms with E-state index >= 15 is 0 Å². The van der Waals surface area contributed by atoms with E-state index in [9.17, 15) is 13.6 Å². The van der Waals surface area contributed by atoms with Crippen LogP contribution < -0.4 is 0 Å². The first-order valence-electron chi connectivity index (χ1n) is 11.6. The molecule has 1 amide bonds. The molecule has 2 fully saturated rings. The number of fused-ring (bicyclic) bond motifs is 1. The molecule has 5 rings (SSSR count). The number of carbonyl (C=O) groups is 1. The fourth-order valence-electron chi connectivity index (χ4n) is 5.19. The molecule has 0 bridgehead atoms. The number of nitrogens with zero attached hydrogens (tertiary/aromatic N) is 4. The summed E-state index contributed by atoms with van der Waals surface area (Å²) >= 11 is 0. The van der Waals surface area contributed by atoms with Crippen LogP contribution in [0.5, 0.6) is 0 Å². The van der Waals surface area contributed by atoms with Crippen LogP contribution in [0.1, 0.15) is 60.7 Å². The molecule has 3 heterocycles. The molecule has 1 aliphatic heterocycles. The Kier molecular flexibility index (Phi) is 5.86. The van der Waals surface area contributed by atoms with E-state index < -0.39 is 17.7 Å². The van der Waals surface area contributed by atoms with Crippen LogP contribution in [0.3, 0.4) is 0 Å². The van der Waals surface area contributed by atoms with E-state index in [1.807, 2.05) is 17.6 Å². The second kappa shape index (κ2) is 8.82. The molecule has 0 radical (unpaired) electrons. The van der Waals surface area contributed by atoms with Crippen LogP contribution in [0, 0.1) is 37.3 Å². The highest BCUT2D eigenvalue weighted by Gasteiger charge is 2.37. The van der Waals surface area contributed by atoms with Crippen LogP contribution in [0.25, 0.3) is 5.65 Å². The van der Waals surface area contributed by atoms with Crippen molar-refractivity contribution >= 4 is 11.6 Å². The first-order valence-corrected chi connectivity index (χ1v) is 11.6. The van der Waals surface area contributed by atoms with Gasteiger partial charge in [0.05, 0.1) is 30.2 Å². The maximum absolute atomic E-state index is 13.7. The number of hydrogen-bond donors (Lipinski definition) is 0. The Labute approximate surface area is 191 Å². The molecule has 0 N–H and O–H groups in total. The molecule has 0 spiro atoms. The molecule has 0 unspecified atom stereocenters. The second-order valence-electron chi connectivity index (χ2n) is 9.39. The number of carbonyl (C=O) groups excluding carboxylic acids is 1. The van der Waals surface area contributed by atoms with Crippen molar-refractivity contribution < 1.29 is 18.4 Å². The normalized spacial score (nSPS) is 23.4. The number of rotatable bonds is 4. The van der Waals surface area contributed by atoms with Gasteiger partial charge in [-0.1, -0.05) is 0 Å². The summed E-state index contributed by atoms with van der Waals surface area (Å²) in [4.78, 5) is 23.3. The van der Waals surface area contributed by atoms with Crippen molar-refractivity contribution in [2.75, 3.05) is 6.61 Å². The number of hydroxylamine groups is 2. The highest BCUT2D eigenvalue weighted by Crippen LogP contribution is 2.37. The van der Waals surface area contributed by atoms with Crippen LogP contribution in [0.15, 0.2) is 30.5 Å². The predicted molar refractivity (Wildman–Crippen MR) is 118 cm³/mol. The lowest BCUT2D eigenvalue weighted by Gasteiger charge is -2.32. The van der Waals surface area contributed by atoms with Gasteiger partial charge in [-0.15, -0.1) is 0 Å². The van der Waals surface area contributed by atoms with E-state index in [0.717, 1.165) is 60.8 Å². The summed E-state index contributed by atoms with van der Waals surface area (Å²) in [5, 5.41) is 6.12. The van der Waals surface area contributed by atoms with Gasteiger partial charge in [0.25, 0.3) is 0 Å². The third kappa shape index (κ3) is 4.49. The quantitative estimate of drug-likeness (QED) is 0.564. The van der Waals surface area contributed by atoms with Gasteiger partial charge in [-0.05, 0) is 81.2 Å². The lowest BCUT2D eigenvalue weighted by atomic mass is 9.79. The average molecular weight is 455 g/mol. The zero-order valence-electron chi connectivity index (χ0n) is 18.9. The fourth-order valence-corrected chi connectivity index (χ4v) is 5.19. The maximum Gasteiger partial charge on any atom is 0.249 e. The van der Waals surface area contributed by atoms with Crippen LogP contribution in [-0.2, 0) is 16.1 Å². The molecule has 33 heavy (non-hydrogen) atoms. The molecule has 3 aromatic rings. The van der Waals surface area contributed by atoms with Crippen molar-refractivity contribution in [3.63, 3.8) is 0 Å². The Hall–Kier alpha value is -2.87. The number of aromatic nitrogens is 3. The molecule has 2 aliphatic rings. The highest BCUT2D eigenvalue weighted by molar-refractivity contribution is 5.78. The third-order valence-electron chi connectivity index (χ3n) is 6.93. The number of amides is 1. The largest absolute Gasteiger partial charge is 0.272 e. The van der Waals surface area contributed by atoms with E-state index in [1.54, 1.807) is 0 Å². The summed E-state index contributed by atoms with van der Waals surface area (Å²) in [6.45, 7) is 4.40. The van der Waals surface area contributed by atoms with Gasteiger partial charge in [-0.25, -0.2) is 23.3 Å². The minimum Gasteiger partial charge on any atom is -0.272 e. The predicted octanol–water partition coefficient (Wildman–Crippen LogP) is 4.88. The molecule has 2 aromatic heterocycles. The Bertz CT molecular complexity index is 1170. The lowest BCUT2D eigenvalue weighted by molar-refractivity contribution is -0.183. The van der Waals surface area contributed by atoms with Crippen LogP contribution in [-0.4, -0.2) is 32.2 Å². The van der Waals surface area contributed by atoms with E-state index in [4.69, 9.17) is 9.94 Å². The minimum atomic E-state index is -0.641. The number of imidazole rings is 1. The highest BCUT2D eigenvalue weighted by atomic mass is 19.1. The second-order valence-corrected chi connectivity index (χ2v) is 9.39. The molecule has 1 atom stereocenters. The Morgan fingerprint density at radius 1 is 1.06 bits per heavy atom. The molecular weight excluding hydrogens is 426 g/mol. The number of halogens is 2. The first-order chi connectivity index (χ1) is 15.9. The van der Waals surface area contributed by atoms with E-state index in [-0.39, 0.29) is 11.8 Å². The lowest BCUT2D eigenvalue weighted by Crippen LogP contribution is -2.37. The number of hydrogen-bond acceptors (Lipinski definition) is 4. The topological polar surface area (TPSA) is 59.7 Å². The van der Waals surface area contributed by atoms with Gasteiger partial charge in [0.1, 0.15) is 11.6 Å². The van der Waals surface area contributed by atoms with E-state index in [2.05, 4.69) is 18.0 Å². The van der Waals surface area contributed by atoms with Gasteiger partial charge in [0.2, 0.25) is 5.91 Å². The summed E-state index contributed by atoms with van der Waals surface area (Å²) in [6.07, 6.45) is 6.77. The van der Waals surface area contributed by atoms with Crippen molar-refractivity contribution in [3.05, 3.63) is 64.6 Å². The average Bonchev–Trinajstić information content (AvgIpc) is 3.39. The minimum absolute atomic E-state index is 0.0785. The van der Waals surface area contributed by atoms with Crippen LogP contribution in [0.4, 0.5) is 8.78 Å². The summed E-state index contributed by atoms with van der Waals surface area (Å²) in [7, 11) is 0. The van der Waals surface area contributed by atoms with E-state index in [1.165, 1.54) is 17.2 Å². The van der Waals surface area contributed by atoms with Crippen molar-refractivity contribution in [2.24, 2.45) is 11.8 Å².